The molecule has 0 unspecified atom stereocenters. The minimum Gasteiger partial charge on any atom is -0.493 e. The molecule has 0 heterocycles. The Balaban J connectivity index is 2.03. The van der Waals surface area contributed by atoms with Crippen molar-refractivity contribution in [3.8, 4) is 11.5 Å². The molecular weight excluding hydrogens is 352 g/mol. The number of benzene rings is 2. The lowest BCUT2D eigenvalue weighted by molar-refractivity contribution is -0.120. The van der Waals surface area contributed by atoms with Gasteiger partial charge in [-0.1, -0.05) is 48.9 Å². The lowest BCUT2D eigenvalue weighted by Gasteiger charge is -2.17. The molecule has 0 aromatic heterocycles. The third-order valence-corrected chi connectivity index (χ3v) is 4.04. The van der Waals surface area contributed by atoms with Crippen molar-refractivity contribution in [2.45, 2.75) is 32.8 Å². The van der Waals surface area contributed by atoms with Crippen LogP contribution in [0.5, 0.6) is 11.5 Å². The number of nitrogens with zero attached hydrogens (tertiary/aromatic N) is 1. The lowest BCUT2D eigenvalue weighted by atomic mass is 10.1. The Morgan fingerprint density at radius 3 is 2.69 bits per heavy atom. The summed E-state index contributed by atoms with van der Waals surface area (Å²) in [6.45, 7) is 4.00. The first-order valence-electron chi connectivity index (χ1n) is 8.43. The molecule has 0 bridgehead atoms. The number of hydrogen-bond acceptors (Lipinski definition) is 4. The largest absolute Gasteiger partial charge is 0.493 e. The van der Waals surface area contributed by atoms with Crippen LogP contribution in [0.4, 0.5) is 0 Å². The van der Waals surface area contributed by atoms with E-state index in [4.69, 9.17) is 21.1 Å². The van der Waals surface area contributed by atoms with Crippen LogP contribution in [0.25, 0.3) is 0 Å². The zero-order valence-corrected chi connectivity index (χ0v) is 15.9. The van der Waals surface area contributed by atoms with Crippen LogP contribution in [-0.2, 0) is 11.2 Å². The summed E-state index contributed by atoms with van der Waals surface area (Å²) in [6, 6.07) is 13.0. The highest BCUT2D eigenvalue weighted by Crippen LogP contribution is 2.37. The molecule has 0 saturated heterocycles. The van der Waals surface area contributed by atoms with E-state index in [1.54, 1.807) is 19.2 Å². The van der Waals surface area contributed by atoms with Crippen molar-refractivity contribution in [3.63, 3.8) is 0 Å². The fourth-order valence-electron chi connectivity index (χ4n) is 2.21. The van der Waals surface area contributed by atoms with Crippen molar-refractivity contribution in [2.24, 2.45) is 5.10 Å². The van der Waals surface area contributed by atoms with Crippen LogP contribution in [0.3, 0.4) is 0 Å². The van der Waals surface area contributed by atoms with E-state index in [1.165, 1.54) is 6.21 Å². The van der Waals surface area contributed by atoms with Crippen molar-refractivity contribution >= 4 is 23.7 Å². The molecule has 5 nitrogen and oxygen atoms in total. The first-order chi connectivity index (χ1) is 12.5. The Hall–Kier alpha value is -2.53. The summed E-state index contributed by atoms with van der Waals surface area (Å²) < 4.78 is 11.2. The van der Waals surface area contributed by atoms with Gasteiger partial charge in [0.25, 0.3) is 0 Å². The Kier molecular flexibility index (Phi) is 7.48. The SMILES string of the molecule is CC[C@H](C)Oc1c(Cl)cc(/C=N\NC(=O)Cc2ccccc2)cc1OC. The highest BCUT2D eigenvalue weighted by Gasteiger charge is 2.14. The number of amides is 1. The van der Waals surface area contributed by atoms with Gasteiger partial charge in [0.2, 0.25) is 5.91 Å². The smallest absolute Gasteiger partial charge is 0.244 e. The second-order valence-electron chi connectivity index (χ2n) is 5.83. The van der Waals surface area contributed by atoms with E-state index >= 15 is 0 Å². The average molecular weight is 375 g/mol. The summed E-state index contributed by atoms with van der Waals surface area (Å²) in [6.07, 6.45) is 2.67. The fourth-order valence-corrected chi connectivity index (χ4v) is 2.48. The summed E-state index contributed by atoms with van der Waals surface area (Å²) in [5.41, 5.74) is 4.13. The van der Waals surface area contributed by atoms with E-state index in [0.717, 1.165) is 12.0 Å². The van der Waals surface area contributed by atoms with Crippen molar-refractivity contribution in [2.75, 3.05) is 7.11 Å². The predicted molar refractivity (Wildman–Crippen MR) is 104 cm³/mol. The van der Waals surface area contributed by atoms with E-state index in [1.807, 2.05) is 44.2 Å². The number of hydrazone groups is 1. The number of ether oxygens (including phenoxy) is 2. The zero-order chi connectivity index (χ0) is 18.9. The molecule has 0 saturated carbocycles. The minimum absolute atomic E-state index is 0.0261. The maximum Gasteiger partial charge on any atom is 0.244 e. The van der Waals surface area contributed by atoms with E-state index < -0.39 is 0 Å². The number of halogens is 1. The first-order valence-corrected chi connectivity index (χ1v) is 8.81. The fraction of sp³-hybridized carbons (Fsp3) is 0.300. The third-order valence-electron chi connectivity index (χ3n) is 3.76. The number of methoxy groups -OCH3 is 1. The topological polar surface area (TPSA) is 59.9 Å². The van der Waals surface area contributed by atoms with Gasteiger partial charge in [-0.3, -0.25) is 4.79 Å². The Morgan fingerprint density at radius 1 is 1.31 bits per heavy atom. The van der Waals surface area contributed by atoms with E-state index in [-0.39, 0.29) is 18.4 Å². The molecule has 1 amide bonds. The summed E-state index contributed by atoms with van der Waals surface area (Å²) >= 11 is 6.31. The zero-order valence-electron chi connectivity index (χ0n) is 15.2. The quantitative estimate of drug-likeness (QED) is 0.556. The van der Waals surface area contributed by atoms with Gasteiger partial charge in [0.15, 0.2) is 11.5 Å². The molecule has 1 N–H and O–H groups in total. The maximum absolute atomic E-state index is 11.9. The van der Waals surface area contributed by atoms with E-state index in [9.17, 15) is 4.79 Å². The molecule has 0 fully saturated rings. The Bertz CT molecular complexity index is 763. The third kappa shape index (κ3) is 5.77. The van der Waals surface area contributed by atoms with Gasteiger partial charge in [-0.2, -0.15) is 5.10 Å². The van der Waals surface area contributed by atoms with Crippen molar-refractivity contribution < 1.29 is 14.3 Å². The highest BCUT2D eigenvalue weighted by molar-refractivity contribution is 6.32. The molecular formula is C20H23ClN2O3. The van der Waals surface area contributed by atoms with Gasteiger partial charge in [-0.05, 0) is 36.6 Å². The molecule has 138 valence electrons. The molecule has 2 aromatic rings. The van der Waals surface area contributed by atoms with Crippen LogP contribution in [0.1, 0.15) is 31.4 Å². The van der Waals surface area contributed by atoms with Crippen molar-refractivity contribution in [1.82, 2.24) is 5.43 Å². The van der Waals surface area contributed by atoms with Crippen molar-refractivity contribution in [1.29, 1.82) is 0 Å². The normalized spacial score (nSPS) is 12.0. The number of carbonyl (C=O) groups is 1. The number of rotatable bonds is 8. The molecule has 0 aliphatic rings. The molecule has 26 heavy (non-hydrogen) atoms. The van der Waals surface area contributed by atoms with Crippen LogP contribution in [0.2, 0.25) is 5.02 Å². The van der Waals surface area contributed by atoms with E-state index in [0.29, 0.717) is 22.1 Å². The number of hydrogen-bond donors (Lipinski definition) is 1. The first kappa shape index (κ1) is 19.8. The van der Waals surface area contributed by atoms with Gasteiger partial charge in [-0.25, -0.2) is 5.43 Å². The van der Waals surface area contributed by atoms with Crippen LogP contribution in [-0.4, -0.2) is 25.3 Å². The van der Waals surface area contributed by atoms with Gasteiger partial charge in [-0.15, -0.1) is 0 Å². The number of carbonyl (C=O) groups excluding carboxylic acids is 1. The molecule has 1 atom stereocenters. The second kappa shape index (κ2) is 9.82. The molecule has 0 aliphatic carbocycles. The molecule has 0 radical (unpaired) electrons. The van der Waals surface area contributed by atoms with Gasteiger partial charge < -0.3 is 9.47 Å². The minimum atomic E-state index is -0.192. The standard InChI is InChI=1S/C20H23ClN2O3/c1-4-14(2)26-20-17(21)10-16(11-18(20)25-3)13-22-23-19(24)12-15-8-6-5-7-9-15/h5-11,13-14H,4,12H2,1-3H3,(H,23,24)/b22-13-/t14-/m0/s1. The van der Waals surface area contributed by atoms with E-state index in [2.05, 4.69) is 10.5 Å². The maximum atomic E-state index is 11.9. The van der Waals surface area contributed by atoms with Gasteiger partial charge in [0.05, 0.1) is 30.9 Å². The molecule has 0 aliphatic heterocycles. The molecule has 2 rings (SSSR count). The van der Waals surface area contributed by atoms with Crippen LogP contribution in [0.15, 0.2) is 47.6 Å². The average Bonchev–Trinajstić information content (AvgIpc) is 2.64. The van der Waals surface area contributed by atoms with Crippen molar-refractivity contribution in [3.05, 3.63) is 58.6 Å². The molecule has 0 spiro atoms. The summed E-state index contributed by atoms with van der Waals surface area (Å²) in [5.74, 6) is 0.839. The second-order valence-corrected chi connectivity index (χ2v) is 6.23. The molecule has 6 heteroatoms. The molecule has 2 aromatic carbocycles. The summed E-state index contributed by atoms with van der Waals surface area (Å²) in [5, 5.41) is 4.41. The predicted octanol–water partition coefficient (Wildman–Crippen LogP) is 4.22. The highest BCUT2D eigenvalue weighted by atomic mass is 35.5. The summed E-state index contributed by atoms with van der Waals surface area (Å²) in [4.78, 5) is 11.9. The van der Waals surface area contributed by atoms with Gasteiger partial charge >= 0.3 is 0 Å². The van der Waals surface area contributed by atoms with Gasteiger partial charge in [0.1, 0.15) is 0 Å². The lowest BCUT2D eigenvalue weighted by Crippen LogP contribution is -2.19. The number of nitrogens with one attached hydrogen (secondary N) is 1. The van der Waals surface area contributed by atoms with Crippen LogP contribution < -0.4 is 14.9 Å². The summed E-state index contributed by atoms with van der Waals surface area (Å²) in [7, 11) is 1.55. The van der Waals surface area contributed by atoms with Crippen LogP contribution in [0, 0.1) is 0 Å². The van der Waals surface area contributed by atoms with Gasteiger partial charge in [0, 0.05) is 0 Å². The Morgan fingerprint density at radius 2 is 2.04 bits per heavy atom. The van der Waals surface area contributed by atoms with Crippen LogP contribution >= 0.6 is 11.6 Å². The monoisotopic (exact) mass is 374 g/mol. The Labute approximate surface area is 159 Å².